The number of halogens is 2. The summed E-state index contributed by atoms with van der Waals surface area (Å²) in [7, 11) is 1.69. The van der Waals surface area contributed by atoms with E-state index in [1.165, 1.54) is 4.88 Å². The molecule has 90 valence electrons. The van der Waals surface area contributed by atoms with Crippen LogP contribution >= 0.6 is 38.9 Å². The van der Waals surface area contributed by atoms with Crippen LogP contribution in [0.5, 0.6) is 5.75 Å². The van der Waals surface area contributed by atoms with Gasteiger partial charge in [-0.25, -0.2) is 0 Å². The molecule has 1 atom stereocenters. The van der Waals surface area contributed by atoms with E-state index < -0.39 is 0 Å². The van der Waals surface area contributed by atoms with Crippen LogP contribution in [0.4, 0.5) is 0 Å². The Bertz CT molecular complexity index is 503. The fourth-order valence-corrected chi connectivity index (χ4v) is 3.49. The van der Waals surface area contributed by atoms with Crippen LogP contribution in [0.1, 0.15) is 15.3 Å². The highest BCUT2D eigenvalue weighted by atomic mass is 79.9. The van der Waals surface area contributed by atoms with Crippen LogP contribution in [-0.2, 0) is 6.42 Å². The van der Waals surface area contributed by atoms with Crippen molar-refractivity contribution in [2.75, 3.05) is 7.11 Å². The normalized spacial score (nSPS) is 12.4. The summed E-state index contributed by atoms with van der Waals surface area (Å²) >= 11 is 11.4. The molecule has 0 aliphatic heterocycles. The van der Waals surface area contributed by atoms with Crippen molar-refractivity contribution in [2.45, 2.75) is 11.2 Å². The molecule has 0 saturated carbocycles. The van der Waals surface area contributed by atoms with Crippen LogP contribution in [0.15, 0.2) is 29.9 Å². The van der Waals surface area contributed by atoms with Crippen molar-refractivity contribution in [1.82, 2.24) is 4.98 Å². The molecule has 0 saturated heterocycles. The number of hydrogen-bond acceptors (Lipinski definition) is 3. The molecule has 0 aromatic carbocycles. The first-order valence-corrected chi connectivity index (χ1v) is 7.23. The number of rotatable bonds is 4. The third-order valence-corrected chi connectivity index (χ3v) is 4.85. The van der Waals surface area contributed by atoms with E-state index >= 15 is 0 Å². The van der Waals surface area contributed by atoms with E-state index in [9.17, 15) is 0 Å². The van der Waals surface area contributed by atoms with E-state index in [0.29, 0.717) is 5.02 Å². The van der Waals surface area contributed by atoms with Crippen molar-refractivity contribution in [1.29, 1.82) is 0 Å². The van der Waals surface area contributed by atoms with Gasteiger partial charge in [-0.05, 0) is 29.5 Å². The van der Waals surface area contributed by atoms with Gasteiger partial charge in [0, 0.05) is 12.4 Å². The van der Waals surface area contributed by atoms with Gasteiger partial charge in [0.05, 0.1) is 21.8 Å². The quantitative estimate of drug-likeness (QED) is 0.770. The van der Waals surface area contributed by atoms with Crippen LogP contribution in [0.3, 0.4) is 0 Å². The summed E-state index contributed by atoms with van der Waals surface area (Å²) in [6.07, 6.45) is 4.24. The number of ether oxygens (including phenoxy) is 1. The van der Waals surface area contributed by atoms with Crippen molar-refractivity contribution in [2.24, 2.45) is 0 Å². The topological polar surface area (TPSA) is 22.1 Å². The van der Waals surface area contributed by atoms with E-state index in [0.717, 1.165) is 17.7 Å². The molecule has 0 amide bonds. The molecule has 0 fully saturated rings. The smallest absolute Gasteiger partial charge is 0.133 e. The molecule has 2 nitrogen and oxygen atoms in total. The molecule has 2 aromatic heterocycles. The van der Waals surface area contributed by atoms with Crippen molar-refractivity contribution < 1.29 is 4.74 Å². The van der Waals surface area contributed by atoms with Gasteiger partial charge in [-0.1, -0.05) is 27.5 Å². The largest absolute Gasteiger partial charge is 0.496 e. The predicted molar refractivity (Wildman–Crippen MR) is 75.5 cm³/mol. The molecule has 0 aliphatic carbocycles. The fourth-order valence-electron chi connectivity index (χ4n) is 1.56. The lowest BCUT2D eigenvalue weighted by Gasteiger charge is -2.11. The highest BCUT2D eigenvalue weighted by Gasteiger charge is 2.16. The van der Waals surface area contributed by atoms with Crippen LogP contribution in [0.2, 0.25) is 5.02 Å². The zero-order chi connectivity index (χ0) is 12.3. The Morgan fingerprint density at radius 3 is 3.06 bits per heavy atom. The molecule has 1 unspecified atom stereocenters. The second-order valence-corrected chi connectivity index (χ2v) is 5.95. The average Bonchev–Trinajstić information content (AvgIpc) is 2.80. The first-order chi connectivity index (χ1) is 8.22. The van der Waals surface area contributed by atoms with E-state index in [1.54, 1.807) is 30.8 Å². The number of alkyl halides is 1. The summed E-state index contributed by atoms with van der Waals surface area (Å²) in [4.78, 5) is 5.37. The lowest BCUT2D eigenvalue weighted by atomic mass is 10.1. The van der Waals surface area contributed by atoms with Crippen LogP contribution in [0.25, 0.3) is 0 Å². The van der Waals surface area contributed by atoms with Crippen molar-refractivity contribution in [3.05, 3.63) is 45.4 Å². The molecule has 17 heavy (non-hydrogen) atoms. The molecular formula is C12H11BrClNOS. The maximum Gasteiger partial charge on any atom is 0.133 e. The maximum atomic E-state index is 6.09. The van der Waals surface area contributed by atoms with E-state index in [1.807, 2.05) is 17.5 Å². The van der Waals surface area contributed by atoms with Crippen LogP contribution in [-0.4, -0.2) is 12.1 Å². The van der Waals surface area contributed by atoms with E-state index in [-0.39, 0.29) is 4.83 Å². The van der Waals surface area contributed by atoms with Crippen molar-refractivity contribution >= 4 is 38.9 Å². The molecule has 0 aliphatic rings. The van der Waals surface area contributed by atoms with Crippen LogP contribution < -0.4 is 4.74 Å². The summed E-state index contributed by atoms with van der Waals surface area (Å²) in [5.74, 6) is 0.919. The minimum atomic E-state index is 0.206. The third kappa shape index (κ3) is 3.00. The van der Waals surface area contributed by atoms with Gasteiger partial charge in [0.2, 0.25) is 0 Å². The number of nitrogens with zero attached hydrogens (tertiary/aromatic N) is 1. The number of pyridine rings is 1. The summed E-state index contributed by atoms with van der Waals surface area (Å²) in [6, 6.07) is 3.92. The Morgan fingerprint density at radius 2 is 2.35 bits per heavy atom. The fraction of sp³-hybridized carbons (Fsp3) is 0.250. The summed E-state index contributed by atoms with van der Waals surface area (Å²) in [5.41, 5.74) is 1.08. The first-order valence-electron chi connectivity index (χ1n) is 5.06. The predicted octanol–water partition coefficient (Wildman–Crippen LogP) is 4.48. The molecule has 2 heterocycles. The standard InChI is InChI=1S/C12H11BrClNOS/c1-16-11-3-5-17-12(11)9(13)6-8-2-4-15-7-10(8)14/h2-5,7,9H,6H2,1H3. The van der Waals surface area contributed by atoms with Crippen molar-refractivity contribution in [3.8, 4) is 5.75 Å². The molecule has 2 rings (SSSR count). The first kappa shape index (κ1) is 12.9. The minimum absolute atomic E-state index is 0.206. The highest BCUT2D eigenvalue weighted by molar-refractivity contribution is 9.09. The Hall–Kier alpha value is -0.580. The van der Waals surface area contributed by atoms with Gasteiger partial charge in [0.25, 0.3) is 0 Å². The SMILES string of the molecule is COc1ccsc1C(Br)Cc1ccncc1Cl. The van der Waals surface area contributed by atoms with E-state index in [4.69, 9.17) is 16.3 Å². The van der Waals surface area contributed by atoms with E-state index in [2.05, 4.69) is 20.9 Å². The Morgan fingerprint density at radius 1 is 1.53 bits per heavy atom. The molecule has 0 radical (unpaired) electrons. The van der Waals surface area contributed by atoms with Gasteiger partial charge >= 0.3 is 0 Å². The summed E-state index contributed by atoms with van der Waals surface area (Å²) in [6.45, 7) is 0. The molecule has 0 bridgehead atoms. The third-order valence-electron chi connectivity index (χ3n) is 2.42. The lowest BCUT2D eigenvalue weighted by Crippen LogP contribution is -1.96. The van der Waals surface area contributed by atoms with Gasteiger partial charge in [-0.2, -0.15) is 0 Å². The van der Waals surface area contributed by atoms with Gasteiger partial charge < -0.3 is 4.74 Å². The highest BCUT2D eigenvalue weighted by Crippen LogP contribution is 2.38. The Kier molecular flexibility index (Phi) is 4.42. The van der Waals surface area contributed by atoms with Gasteiger partial charge in [0.1, 0.15) is 5.75 Å². The van der Waals surface area contributed by atoms with Crippen molar-refractivity contribution in [3.63, 3.8) is 0 Å². The van der Waals surface area contributed by atoms with Gasteiger partial charge in [-0.3, -0.25) is 4.98 Å². The van der Waals surface area contributed by atoms with Gasteiger partial charge in [-0.15, -0.1) is 11.3 Å². The Balaban J connectivity index is 2.17. The van der Waals surface area contributed by atoms with Gasteiger partial charge in [0.15, 0.2) is 0 Å². The minimum Gasteiger partial charge on any atom is -0.496 e. The second-order valence-electron chi connectivity index (χ2n) is 3.49. The second kappa shape index (κ2) is 5.85. The number of aromatic nitrogens is 1. The maximum absolute atomic E-state index is 6.09. The number of methoxy groups -OCH3 is 1. The molecule has 0 N–H and O–H groups in total. The zero-order valence-corrected chi connectivity index (χ0v) is 12.3. The lowest BCUT2D eigenvalue weighted by molar-refractivity contribution is 0.412. The van der Waals surface area contributed by atoms with Crippen LogP contribution in [0, 0.1) is 0 Å². The zero-order valence-electron chi connectivity index (χ0n) is 9.19. The molecular weight excluding hydrogens is 322 g/mol. The molecule has 0 spiro atoms. The average molecular weight is 333 g/mol. The summed E-state index contributed by atoms with van der Waals surface area (Å²) < 4.78 is 5.31. The number of hydrogen-bond donors (Lipinski definition) is 0. The Labute approximate surface area is 118 Å². The molecule has 5 heteroatoms. The summed E-state index contributed by atoms with van der Waals surface area (Å²) in [5, 5.41) is 2.73. The monoisotopic (exact) mass is 331 g/mol. The molecule has 2 aromatic rings. The number of thiophene rings is 1.